The number of anilines is 1. The van der Waals surface area contributed by atoms with Crippen LogP contribution in [0.5, 0.6) is 5.75 Å². The Bertz CT molecular complexity index is 1620. The summed E-state index contributed by atoms with van der Waals surface area (Å²) in [6.45, 7) is 1.76. The van der Waals surface area contributed by atoms with Crippen LogP contribution in [0.3, 0.4) is 0 Å². The normalized spacial score (nSPS) is 11.7. The first-order valence-electron chi connectivity index (χ1n) is 11.0. The highest BCUT2D eigenvalue weighted by Crippen LogP contribution is 2.38. The Morgan fingerprint density at radius 3 is 2.54 bits per heavy atom. The van der Waals surface area contributed by atoms with Gasteiger partial charge in [0.25, 0.3) is 0 Å². The zero-order valence-corrected chi connectivity index (χ0v) is 19.1. The molecule has 6 heteroatoms. The summed E-state index contributed by atoms with van der Waals surface area (Å²) in [5.41, 5.74) is 3.77. The summed E-state index contributed by atoms with van der Waals surface area (Å²) in [5, 5.41) is 5.58. The number of hydrogen-bond acceptors (Lipinski definition) is 3. The first kappa shape index (κ1) is 22.3. The quantitative estimate of drug-likeness (QED) is 0.270. The zero-order valence-electron chi connectivity index (χ0n) is 19.1. The van der Waals surface area contributed by atoms with E-state index in [4.69, 9.17) is 9.15 Å². The van der Waals surface area contributed by atoms with E-state index in [1.165, 1.54) is 12.1 Å². The van der Waals surface area contributed by atoms with Gasteiger partial charge in [-0.05, 0) is 53.1 Å². The van der Waals surface area contributed by atoms with Crippen molar-refractivity contribution in [2.24, 2.45) is 0 Å². The lowest BCUT2D eigenvalue weighted by Gasteiger charge is -2.11. The molecule has 1 N–H and O–H groups in total. The molecular formula is C29H21F2NO3. The molecule has 5 rings (SSSR count). The average molecular weight is 469 g/mol. The van der Waals surface area contributed by atoms with E-state index < -0.39 is 17.5 Å². The summed E-state index contributed by atoms with van der Waals surface area (Å²) >= 11 is 0. The van der Waals surface area contributed by atoms with Crippen molar-refractivity contribution in [2.45, 2.75) is 6.92 Å². The van der Waals surface area contributed by atoms with Gasteiger partial charge in [-0.15, -0.1) is 0 Å². The molecule has 174 valence electrons. The number of carbonyl (C=O) groups is 1. The molecule has 0 aliphatic carbocycles. The SMILES string of the molecule is COc1cc2occ(-c3ccc4ccccc4c3)c2cc1/C(C)=C/C(=O)Nc1ccc(F)cc1F. The minimum Gasteiger partial charge on any atom is -0.496 e. The summed E-state index contributed by atoms with van der Waals surface area (Å²) in [7, 11) is 1.54. The van der Waals surface area contributed by atoms with Gasteiger partial charge in [-0.2, -0.15) is 0 Å². The van der Waals surface area contributed by atoms with E-state index in [9.17, 15) is 13.6 Å². The second-order valence-electron chi connectivity index (χ2n) is 8.20. The lowest BCUT2D eigenvalue weighted by molar-refractivity contribution is -0.111. The summed E-state index contributed by atoms with van der Waals surface area (Å²) in [5.74, 6) is -1.57. The molecule has 0 atom stereocenters. The largest absolute Gasteiger partial charge is 0.496 e. The molecule has 4 aromatic carbocycles. The molecule has 0 bridgehead atoms. The Morgan fingerprint density at radius 1 is 0.971 bits per heavy atom. The molecule has 4 nitrogen and oxygen atoms in total. The number of amides is 1. The number of fused-ring (bicyclic) bond motifs is 2. The van der Waals surface area contributed by atoms with Gasteiger partial charge in [-0.1, -0.05) is 36.4 Å². The van der Waals surface area contributed by atoms with Crippen LogP contribution < -0.4 is 10.1 Å². The molecule has 1 aromatic heterocycles. The van der Waals surface area contributed by atoms with Gasteiger partial charge in [0, 0.05) is 34.7 Å². The highest BCUT2D eigenvalue weighted by molar-refractivity contribution is 6.05. The van der Waals surface area contributed by atoms with Crippen LogP contribution >= 0.6 is 0 Å². The smallest absolute Gasteiger partial charge is 0.248 e. The van der Waals surface area contributed by atoms with Crippen molar-refractivity contribution in [2.75, 3.05) is 12.4 Å². The second-order valence-corrected chi connectivity index (χ2v) is 8.20. The number of halogens is 2. The van der Waals surface area contributed by atoms with Crippen molar-refractivity contribution in [1.29, 1.82) is 0 Å². The molecule has 35 heavy (non-hydrogen) atoms. The standard InChI is InChI=1S/C29H21F2NO3/c1-17(11-29(33)32-26-10-9-21(30)13-25(26)31)22-14-23-24(16-35-28(23)15-27(22)34-2)20-8-7-18-5-3-4-6-19(18)12-20/h3-16H,1-2H3,(H,32,33)/b17-11+. The zero-order chi connectivity index (χ0) is 24.5. The summed E-state index contributed by atoms with van der Waals surface area (Å²) in [6.07, 6.45) is 3.06. The van der Waals surface area contributed by atoms with Crippen LogP contribution in [0.1, 0.15) is 12.5 Å². The Hall–Kier alpha value is -4.45. The predicted molar refractivity (Wildman–Crippen MR) is 134 cm³/mol. The first-order valence-corrected chi connectivity index (χ1v) is 11.0. The second kappa shape index (κ2) is 9.06. The Labute approximate surface area is 200 Å². The summed E-state index contributed by atoms with van der Waals surface area (Å²) < 4.78 is 38.4. The molecule has 1 amide bonds. The van der Waals surface area contributed by atoms with Crippen molar-refractivity contribution >= 4 is 38.9 Å². The fraction of sp³-hybridized carbons (Fsp3) is 0.0690. The van der Waals surface area contributed by atoms with Gasteiger partial charge in [0.1, 0.15) is 23.0 Å². The Kier molecular flexibility index (Phi) is 5.79. The van der Waals surface area contributed by atoms with Crippen LogP contribution in [-0.4, -0.2) is 13.0 Å². The molecule has 5 aromatic rings. The van der Waals surface area contributed by atoms with E-state index in [0.29, 0.717) is 22.5 Å². The first-order chi connectivity index (χ1) is 16.9. The maximum absolute atomic E-state index is 13.9. The van der Waals surface area contributed by atoms with E-state index >= 15 is 0 Å². The molecule has 0 saturated carbocycles. The number of methoxy groups -OCH3 is 1. The number of nitrogens with one attached hydrogen (secondary N) is 1. The van der Waals surface area contributed by atoms with Crippen LogP contribution in [0.15, 0.2) is 89.6 Å². The Balaban J connectivity index is 1.53. The lowest BCUT2D eigenvalue weighted by atomic mass is 9.97. The predicted octanol–water partition coefficient (Wildman–Crippen LogP) is 7.58. The number of furan rings is 1. The number of rotatable bonds is 5. The van der Waals surface area contributed by atoms with Gasteiger partial charge >= 0.3 is 0 Å². The maximum atomic E-state index is 13.9. The third-order valence-electron chi connectivity index (χ3n) is 5.92. The Morgan fingerprint density at radius 2 is 1.77 bits per heavy atom. The van der Waals surface area contributed by atoms with Crippen LogP contribution in [0, 0.1) is 11.6 Å². The van der Waals surface area contributed by atoms with Crippen molar-refractivity contribution in [3.63, 3.8) is 0 Å². The fourth-order valence-corrected chi connectivity index (χ4v) is 4.15. The molecule has 0 spiro atoms. The van der Waals surface area contributed by atoms with Crippen LogP contribution in [0.4, 0.5) is 14.5 Å². The molecule has 0 aliphatic rings. The molecular weight excluding hydrogens is 448 g/mol. The van der Waals surface area contributed by atoms with Crippen molar-refractivity contribution < 1.29 is 22.7 Å². The fourth-order valence-electron chi connectivity index (χ4n) is 4.15. The van der Waals surface area contributed by atoms with E-state index in [1.807, 2.05) is 24.3 Å². The van der Waals surface area contributed by atoms with E-state index in [2.05, 4.69) is 29.6 Å². The topological polar surface area (TPSA) is 51.5 Å². The molecule has 0 unspecified atom stereocenters. The number of carbonyl (C=O) groups excluding carboxylic acids is 1. The lowest BCUT2D eigenvalue weighted by Crippen LogP contribution is -2.10. The third kappa shape index (κ3) is 4.38. The monoisotopic (exact) mass is 469 g/mol. The highest BCUT2D eigenvalue weighted by atomic mass is 19.1. The van der Waals surface area contributed by atoms with Crippen molar-refractivity contribution in [1.82, 2.24) is 0 Å². The van der Waals surface area contributed by atoms with Gasteiger partial charge in [-0.25, -0.2) is 8.78 Å². The van der Waals surface area contributed by atoms with Crippen LogP contribution in [-0.2, 0) is 4.79 Å². The number of hydrogen-bond donors (Lipinski definition) is 1. The van der Waals surface area contributed by atoms with Crippen molar-refractivity contribution in [3.8, 4) is 16.9 Å². The van der Waals surface area contributed by atoms with E-state index in [-0.39, 0.29) is 5.69 Å². The average Bonchev–Trinajstić information content (AvgIpc) is 3.27. The number of benzene rings is 4. The molecule has 0 saturated heterocycles. The summed E-state index contributed by atoms with van der Waals surface area (Å²) in [6, 6.07) is 21.0. The maximum Gasteiger partial charge on any atom is 0.248 e. The van der Waals surface area contributed by atoms with Crippen LogP contribution in [0.2, 0.25) is 0 Å². The van der Waals surface area contributed by atoms with Gasteiger partial charge in [0.15, 0.2) is 0 Å². The molecule has 0 fully saturated rings. The van der Waals surface area contributed by atoms with E-state index in [0.717, 1.165) is 39.4 Å². The molecule has 1 heterocycles. The van der Waals surface area contributed by atoms with Gasteiger partial charge < -0.3 is 14.5 Å². The summed E-state index contributed by atoms with van der Waals surface area (Å²) in [4.78, 5) is 12.6. The van der Waals surface area contributed by atoms with Gasteiger partial charge in [-0.3, -0.25) is 4.79 Å². The van der Waals surface area contributed by atoms with E-state index in [1.54, 1.807) is 26.4 Å². The molecule has 0 radical (unpaired) electrons. The van der Waals surface area contributed by atoms with Gasteiger partial charge in [0.2, 0.25) is 5.91 Å². The minimum atomic E-state index is -0.846. The van der Waals surface area contributed by atoms with Gasteiger partial charge in [0.05, 0.1) is 19.1 Å². The third-order valence-corrected chi connectivity index (χ3v) is 5.92. The minimum absolute atomic E-state index is 0.101. The van der Waals surface area contributed by atoms with Crippen LogP contribution in [0.25, 0.3) is 38.4 Å². The highest BCUT2D eigenvalue weighted by Gasteiger charge is 2.16. The van der Waals surface area contributed by atoms with Crippen molar-refractivity contribution in [3.05, 3.63) is 102 Å². The number of allylic oxidation sites excluding steroid dienone is 1. The number of ether oxygens (including phenoxy) is 1. The molecule has 0 aliphatic heterocycles.